The molecule has 23 heavy (non-hydrogen) atoms. The molecule has 1 aliphatic heterocycles. The Balaban J connectivity index is 2.04. The van der Waals surface area contributed by atoms with Gasteiger partial charge >= 0.3 is 0 Å². The average Bonchev–Trinajstić information content (AvgIpc) is 2.54. The smallest absolute Gasteiger partial charge is 0.251 e. The van der Waals surface area contributed by atoms with Gasteiger partial charge < -0.3 is 14.9 Å². The van der Waals surface area contributed by atoms with E-state index in [2.05, 4.69) is 0 Å². The molecular weight excluding hydrogens is 316 g/mol. The lowest BCUT2D eigenvalue weighted by Gasteiger charge is -2.39. The van der Waals surface area contributed by atoms with Crippen LogP contribution >= 0.6 is 11.6 Å². The van der Waals surface area contributed by atoms with Gasteiger partial charge in [0.1, 0.15) is 6.10 Å². The number of aliphatic hydroxyl groups excluding tert-OH is 1. The van der Waals surface area contributed by atoms with E-state index < -0.39 is 11.5 Å². The molecule has 0 radical (unpaired) electrons. The number of carbonyl (C=O) groups is 2. The van der Waals surface area contributed by atoms with Gasteiger partial charge in [0.2, 0.25) is 5.91 Å². The summed E-state index contributed by atoms with van der Waals surface area (Å²) >= 11 is 5.91. The molecule has 1 aromatic carbocycles. The van der Waals surface area contributed by atoms with Crippen LogP contribution in [0, 0.1) is 0 Å². The van der Waals surface area contributed by atoms with E-state index in [0.29, 0.717) is 31.2 Å². The van der Waals surface area contributed by atoms with Gasteiger partial charge in [0.05, 0.1) is 5.41 Å². The predicted molar refractivity (Wildman–Crippen MR) is 89.3 cm³/mol. The first-order valence-corrected chi connectivity index (χ1v) is 8.13. The number of hydrogen-bond donors (Lipinski definition) is 1. The minimum atomic E-state index is -0.997. The van der Waals surface area contributed by atoms with Crippen molar-refractivity contribution >= 4 is 23.4 Å². The highest BCUT2D eigenvalue weighted by molar-refractivity contribution is 6.30. The Kier molecular flexibility index (Phi) is 5.32. The van der Waals surface area contributed by atoms with E-state index in [9.17, 15) is 14.7 Å². The van der Waals surface area contributed by atoms with Crippen molar-refractivity contribution in [2.75, 3.05) is 26.2 Å². The molecule has 0 bridgehead atoms. The van der Waals surface area contributed by atoms with Crippen LogP contribution in [-0.4, -0.2) is 59.0 Å². The Morgan fingerprint density at radius 2 is 1.57 bits per heavy atom. The largest absolute Gasteiger partial charge is 0.384 e. The fourth-order valence-electron chi connectivity index (χ4n) is 2.78. The molecule has 0 aromatic heterocycles. The molecule has 2 amide bonds. The van der Waals surface area contributed by atoms with E-state index in [4.69, 9.17) is 11.6 Å². The van der Waals surface area contributed by atoms with Gasteiger partial charge in [-0.25, -0.2) is 0 Å². The van der Waals surface area contributed by atoms with E-state index >= 15 is 0 Å². The molecule has 0 spiro atoms. The van der Waals surface area contributed by atoms with Crippen LogP contribution in [0.1, 0.15) is 26.3 Å². The summed E-state index contributed by atoms with van der Waals surface area (Å²) in [6.45, 7) is 7.11. The lowest BCUT2D eigenvalue weighted by atomic mass is 9.83. The number of benzene rings is 1. The van der Waals surface area contributed by atoms with Crippen molar-refractivity contribution in [3.63, 3.8) is 0 Å². The highest BCUT2D eigenvalue weighted by Crippen LogP contribution is 2.27. The summed E-state index contributed by atoms with van der Waals surface area (Å²) in [6, 6.07) is 7.30. The summed E-state index contributed by atoms with van der Waals surface area (Å²) in [4.78, 5) is 28.0. The lowest BCUT2D eigenvalue weighted by Crippen LogP contribution is -2.55. The number of nitrogens with zero attached hydrogens (tertiary/aromatic N) is 2. The third-order valence-corrected chi connectivity index (χ3v) is 4.59. The monoisotopic (exact) mass is 338 g/mol. The first-order chi connectivity index (χ1) is 10.7. The van der Waals surface area contributed by atoms with Crippen molar-refractivity contribution in [1.29, 1.82) is 0 Å². The third-order valence-electron chi connectivity index (χ3n) is 4.34. The molecule has 1 aromatic rings. The zero-order valence-corrected chi connectivity index (χ0v) is 14.5. The molecule has 1 N–H and O–H groups in total. The molecule has 1 aliphatic rings. The van der Waals surface area contributed by atoms with E-state index in [1.165, 1.54) is 6.92 Å². The number of carbonyl (C=O) groups excluding carboxylic acids is 2. The summed E-state index contributed by atoms with van der Waals surface area (Å²) in [5.74, 6) is -0.252. The van der Waals surface area contributed by atoms with Crippen molar-refractivity contribution in [1.82, 2.24) is 9.80 Å². The quantitative estimate of drug-likeness (QED) is 0.912. The molecule has 0 saturated carbocycles. The second-order valence-corrected chi connectivity index (χ2v) is 6.86. The lowest BCUT2D eigenvalue weighted by molar-refractivity contribution is -0.146. The summed E-state index contributed by atoms with van der Waals surface area (Å²) in [6.07, 6.45) is -0.997. The van der Waals surface area contributed by atoms with Crippen molar-refractivity contribution in [3.8, 4) is 0 Å². The van der Waals surface area contributed by atoms with Crippen LogP contribution in [0.4, 0.5) is 0 Å². The van der Waals surface area contributed by atoms with Gasteiger partial charge in [-0.15, -0.1) is 0 Å². The number of halogens is 1. The standard InChI is InChI=1S/C17H23ClN2O3/c1-12(21)15(22)19-8-10-20(11-9-19)16(23)17(2,3)13-4-6-14(18)7-5-13/h4-7,12,21H,8-11H2,1-3H3. The Morgan fingerprint density at radius 1 is 1.09 bits per heavy atom. The number of rotatable bonds is 3. The summed E-state index contributed by atoms with van der Waals surface area (Å²) < 4.78 is 0. The minimum absolute atomic E-state index is 0.0315. The van der Waals surface area contributed by atoms with E-state index in [1.807, 2.05) is 26.0 Å². The minimum Gasteiger partial charge on any atom is -0.384 e. The third kappa shape index (κ3) is 3.85. The molecule has 5 nitrogen and oxygen atoms in total. The Morgan fingerprint density at radius 3 is 2.04 bits per heavy atom. The Hall–Kier alpha value is -1.59. The van der Waals surface area contributed by atoms with Gasteiger partial charge in [0, 0.05) is 31.2 Å². The first-order valence-electron chi connectivity index (χ1n) is 7.75. The highest BCUT2D eigenvalue weighted by Gasteiger charge is 2.36. The topological polar surface area (TPSA) is 60.9 Å². The molecular formula is C17H23ClN2O3. The summed E-state index contributed by atoms with van der Waals surface area (Å²) in [5.41, 5.74) is 0.260. The van der Waals surface area contributed by atoms with Gasteiger partial charge in [-0.1, -0.05) is 23.7 Å². The maximum Gasteiger partial charge on any atom is 0.251 e. The van der Waals surface area contributed by atoms with Crippen molar-refractivity contribution in [2.24, 2.45) is 0 Å². The molecule has 1 fully saturated rings. The van der Waals surface area contributed by atoms with Gasteiger partial charge in [0.25, 0.3) is 5.91 Å². The maximum absolute atomic E-state index is 12.9. The van der Waals surface area contributed by atoms with Crippen LogP contribution < -0.4 is 0 Å². The Labute approximate surface area is 141 Å². The van der Waals surface area contributed by atoms with Crippen LogP contribution in [0.15, 0.2) is 24.3 Å². The van der Waals surface area contributed by atoms with E-state index in [1.54, 1.807) is 21.9 Å². The second-order valence-electron chi connectivity index (χ2n) is 6.43. The highest BCUT2D eigenvalue weighted by atomic mass is 35.5. The van der Waals surface area contributed by atoms with Crippen molar-refractivity contribution in [2.45, 2.75) is 32.3 Å². The fraction of sp³-hybridized carbons (Fsp3) is 0.529. The Bertz CT molecular complexity index is 576. The molecule has 1 saturated heterocycles. The fourth-order valence-corrected chi connectivity index (χ4v) is 2.91. The number of aliphatic hydroxyl groups is 1. The van der Waals surface area contributed by atoms with Crippen LogP contribution in [0.25, 0.3) is 0 Å². The number of amides is 2. The van der Waals surface area contributed by atoms with E-state index in [0.717, 1.165) is 5.56 Å². The van der Waals surface area contributed by atoms with Gasteiger partial charge in [-0.3, -0.25) is 9.59 Å². The molecule has 1 atom stereocenters. The average molecular weight is 339 g/mol. The van der Waals surface area contributed by atoms with Crippen LogP contribution in [0.2, 0.25) is 5.02 Å². The van der Waals surface area contributed by atoms with Gasteiger partial charge in [-0.05, 0) is 38.5 Å². The van der Waals surface area contributed by atoms with Crippen molar-refractivity contribution < 1.29 is 14.7 Å². The molecule has 0 aliphatic carbocycles. The van der Waals surface area contributed by atoms with Gasteiger partial charge in [0.15, 0.2) is 0 Å². The number of piperazine rings is 1. The SMILES string of the molecule is CC(O)C(=O)N1CCN(C(=O)C(C)(C)c2ccc(Cl)cc2)CC1. The zero-order chi connectivity index (χ0) is 17.2. The van der Waals surface area contributed by atoms with Crippen LogP contribution in [0.5, 0.6) is 0 Å². The van der Waals surface area contributed by atoms with Crippen LogP contribution in [-0.2, 0) is 15.0 Å². The first kappa shape index (κ1) is 17.8. The van der Waals surface area contributed by atoms with Crippen LogP contribution in [0.3, 0.4) is 0 Å². The molecule has 1 unspecified atom stereocenters. The second kappa shape index (κ2) is 6.89. The molecule has 1 heterocycles. The summed E-state index contributed by atoms with van der Waals surface area (Å²) in [7, 11) is 0. The summed E-state index contributed by atoms with van der Waals surface area (Å²) in [5, 5.41) is 10.0. The predicted octanol–water partition coefficient (Wildman–Crippen LogP) is 1.67. The normalized spacial score (nSPS) is 17.1. The maximum atomic E-state index is 12.9. The molecule has 126 valence electrons. The molecule has 2 rings (SSSR count). The molecule has 6 heteroatoms. The van der Waals surface area contributed by atoms with Gasteiger partial charge in [-0.2, -0.15) is 0 Å². The zero-order valence-electron chi connectivity index (χ0n) is 13.8. The number of hydrogen-bond acceptors (Lipinski definition) is 3. The van der Waals surface area contributed by atoms with E-state index in [-0.39, 0.29) is 11.8 Å². The van der Waals surface area contributed by atoms with Crippen molar-refractivity contribution in [3.05, 3.63) is 34.9 Å².